The molecule has 7 heteroatoms. The van der Waals surface area contributed by atoms with Gasteiger partial charge in [0.05, 0.1) is 22.9 Å². The molecule has 0 bridgehead atoms. The van der Waals surface area contributed by atoms with Gasteiger partial charge in [-0.15, -0.1) is 11.3 Å². The van der Waals surface area contributed by atoms with Crippen LogP contribution in [0.1, 0.15) is 0 Å². The number of nitrogens with zero attached hydrogens (tertiary/aromatic N) is 5. The summed E-state index contributed by atoms with van der Waals surface area (Å²) in [5.74, 6) is 0. The van der Waals surface area contributed by atoms with E-state index in [1.165, 1.54) is 22.7 Å². The maximum atomic E-state index is 4.52. The largest absolute Gasteiger partial charge is 0.243 e. The standard InChI is InChI=1S/C11H4N5S2/c1-2-7-10(17-4-13-7)15-6(1)8-3-12-9-11(16-8)18-5-14-9/h1-4H. The molecule has 0 fully saturated rings. The maximum absolute atomic E-state index is 4.52. The smallest absolute Gasteiger partial charge is 0.190 e. The molecule has 0 aliphatic heterocycles. The van der Waals surface area contributed by atoms with Crippen molar-refractivity contribution in [1.29, 1.82) is 0 Å². The van der Waals surface area contributed by atoms with Crippen molar-refractivity contribution < 1.29 is 0 Å². The van der Waals surface area contributed by atoms with Crippen LogP contribution in [-0.2, 0) is 0 Å². The summed E-state index contributed by atoms with van der Waals surface area (Å²) in [6.45, 7) is 0. The summed E-state index contributed by atoms with van der Waals surface area (Å²) in [7, 11) is 0. The van der Waals surface area contributed by atoms with Crippen LogP contribution < -0.4 is 0 Å². The van der Waals surface area contributed by atoms with Crippen LogP contribution in [0.15, 0.2) is 23.8 Å². The van der Waals surface area contributed by atoms with Crippen LogP contribution in [0.4, 0.5) is 0 Å². The van der Waals surface area contributed by atoms with E-state index in [-0.39, 0.29) is 0 Å². The molecule has 4 aromatic rings. The molecule has 0 saturated carbocycles. The fraction of sp³-hybridized carbons (Fsp3) is 0. The van der Waals surface area contributed by atoms with E-state index in [4.69, 9.17) is 0 Å². The second kappa shape index (κ2) is 3.76. The molecule has 1 radical (unpaired) electrons. The van der Waals surface area contributed by atoms with Gasteiger partial charge in [-0.25, -0.2) is 24.9 Å². The predicted molar refractivity (Wildman–Crippen MR) is 70.5 cm³/mol. The first-order chi connectivity index (χ1) is 8.90. The molecule has 0 N–H and O–H groups in total. The van der Waals surface area contributed by atoms with Gasteiger partial charge in [-0.3, -0.25) is 0 Å². The highest BCUT2D eigenvalue weighted by atomic mass is 32.1. The molecule has 0 unspecified atom stereocenters. The van der Waals surface area contributed by atoms with Gasteiger partial charge in [0.25, 0.3) is 0 Å². The van der Waals surface area contributed by atoms with Crippen molar-refractivity contribution >= 4 is 43.5 Å². The minimum Gasteiger partial charge on any atom is -0.243 e. The van der Waals surface area contributed by atoms with Crippen molar-refractivity contribution in [2.45, 2.75) is 0 Å². The molecule has 0 amide bonds. The summed E-state index contributed by atoms with van der Waals surface area (Å²) in [6, 6.07) is 3.85. The molecule has 4 heterocycles. The van der Waals surface area contributed by atoms with Gasteiger partial charge in [0.1, 0.15) is 10.5 Å². The Labute approximate surface area is 109 Å². The Morgan fingerprint density at radius 3 is 2.94 bits per heavy atom. The van der Waals surface area contributed by atoms with E-state index in [1.54, 1.807) is 11.7 Å². The molecule has 0 saturated heterocycles. The van der Waals surface area contributed by atoms with Gasteiger partial charge in [-0.2, -0.15) is 0 Å². The fourth-order valence-corrected chi connectivity index (χ4v) is 2.85. The average Bonchev–Trinajstić information content (AvgIpc) is 3.05. The van der Waals surface area contributed by atoms with Gasteiger partial charge in [-0.1, -0.05) is 11.3 Å². The second-order valence-electron chi connectivity index (χ2n) is 3.56. The third kappa shape index (κ3) is 1.48. The van der Waals surface area contributed by atoms with E-state index in [0.29, 0.717) is 5.65 Å². The van der Waals surface area contributed by atoms with E-state index in [0.717, 1.165) is 26.6 Å². The van der Waals surface area contributed by atoms with Crippen LogP contribution in [0.25, 0.3) is 32.2 Å². The lowest BCUT2D eigenvalue weighted by molar-refractivity contribution is 1.24. The summed E-state index contributed by atoms with van der Waals surface area (Å²) >= 11 is 2.87. The highest BCUT2D eigenvalue weighted by Gasteiger charge is 2.07. The first kappa shape index (κ1) is 9.98. The maximum Gasteiger partial charge on any atom is 0.190 e. The first-order valence-electron chi connectivity index (χ1n) is 5.10. The third-order valence-corrected chi connectivity index (χ3v) is 3.86. The van der Waals surface area contributed by atoms with Gasteiger partial charge >= 0.3 is 0 Å². The molecule has 5 nitrogen and oxygen atoms in total. The quantitative estimate of drug-likeness (QED) is 0.532. The Hall–Kier alpha value is -1.99. The molecule has 0 aliphatic rings. The Morgan fingerprint density at radius 2 is 1.94 bits per heavy atom. The first-order valence-corrected chi connectivity index (χ1v) is 6.80. The van der Waals surface area contributed by atoms with E-state index in [1.807, 2.05) is 12.1 Å². The SMILES string of the molecule is [c]1nc2ncc(-c3ccc4ncsc4n3)nc2s1. The van der Waals surface area contributed by atoms with E-state index in [2.05, 4.69) is 30.4 Å². The van der Waals surface area contributed by atoms with E-state index < -0.39 is 0 Å². The summed E-state index contributed by atoms with van der Waals surface area (Å²) in [4.78, 5) is 23.1. The van der Waals surface area contributed by atoms with Gasteiger partial charge in [0, 0.05) is 0 Å². The number of fused-ring (bicyclic) bond motifs is 2. The lowest BCUT2D eigenvalue weighted by Gasteiger charge is -1.98. The molecule has 4 rings (SSSR count). The summed E-state index contributed by atoms with van der Waals surface area (Å²) in [5.41, 5.74) is 7.65. The molecule has 0 aliphatic carbocycles. The molecule has 4 aromatic heterocycles. The Kier molecular flexibility index (Phi) is 2.08. The zero-order valence-corrected chi connectivity index (χ0v) is 10.5. The highest BCUT2D eigenvalue weighted by Crippen LogP contribution is 2.22. The zero-order valence-electron chi connectivity index (χ0n) is 8.86. The molecule has 85 valence electrons. The lowest BCUT2D eigenvalue weighted by atomic mass is 10.3. The molecular formula is C11H4N5S2. The number of hydrogen-bond acceptors (Lipinski definition) is 7. The van der Waals surface area contributed by atoms with Crippen LogP contribution in [0.5, 0.6) is 0 Å². The molecular weight excluding hydrogens is 266 g/mol. The van der Waals surface area contributed by atoms with Crippen molar-refractivity contribution in [2.24, 2.45) is 0 Å². The molecule has 0 atom stereocenters. The van der Waals surface area contributed by atoms with E-state index >= 15 is 0 Å². The second-order valence-corrected chi connectivity index (χ2v) is 5.17. The predicted octanol–water partition coefficient (Wildman–Crippen LogP) is 2.56. The zero-order chi connectivity index (χ0) is 11.9. The number of hydrogen-bond donors (Lipinski definition) is 0. The Morgan fingerprint density at radius 1 is 1.00 bits per heavy atom. The van der Waals surface area contributed by atoms with Crippen molar-refractivity contribution in [3.8, 4) is 11.4 Å². The number of aromatic nitrogens is 5. The lowest BCUT2D eigenvalue weighted by Crippen LogP contribution is -1.89. The summed E-state index contributed by atoms with van der Waals surface area (Å²) in [5, 5.41) is 0. The minimum atomic E-state index is 0.627. The van der Waals surface area contributed by atoms with Crippen LogP contribution in [0.2, 0.25) is 0 Å². The van der Waals surface area contributed by atoms with Gasteiger partial charge in [0.2, 0.25) is 0 Å². The fourth-order valence-electron chi connectivity index (χ4n) is 1.64. The average molecular weight is 270 g/mol. The molecule has 0 spiro atoms. The van der Waals surface area contributed by atoms with Crippen molar-refractivity contribution in [2.75, 3.05) is 0 Å². The highest BCUT2D eigenvalue weighted by molar-refractivity contribution is 7.16. The van der Waals surface area contributed by atoms with Crippen molar-refractivity contribution in [1.82, 2.24) is 24.9 Å². The topological polar surface area (TPSA) is 64.5 Å². The van der Waals surface area contributed by atoms with Crippen LogP contribution >= 0.6 is 22.7 Å². The van der Waals surface area contributed by atoms with Gasteiger partial charge < -0.3 is 0 Å². The number of pyridine rings is 1. The molecule has 18 heavy (non-hydrogen) atoms. The molecule has 0 aromatic carbocycles. The number of rotatable bonds is 1. The van der Waals surface area contributed by atoms with Crippen molar-refractivity contribution in [3.63, 3.8) is 0 Å². The van der Waals surface area contributed by atoms with Crippen LogP contribution in [0, 0.1) is 5.51 Å². The van der Waals surface area contributed by atoms with Crippen LogP contribution in [-0.4, -0.2) is 24.9 Å². The normalized spacial score (nSPS) is 11.3. The van der Waals surface area contributed by atoms with Gasteiger partial charge in [0.15, 0.2) is 16.0 Å². The van der Waals surface area contributed by atoms with Crippen LogP contribution in [0.3, 0.4) is 0 Å². The summed E-state index contributed by atoms with van der Waals surface area (Å²) in [6.07, 6.45) is 1.69. The third-order valence-electron chi connectivity index (χ3n) is 2.48. The Balaban J connectivity index is 1.93. The van der Waals surface area contributed by atoms with Gasteiger partial charge in [-0.05, 0) is 12.1 Å². The van der Waals surface area contributed by atoms with Crippen molar-refractivity contribution in [3.05, 3.63) is 29.4 Å². The monoisotopic (exact) mass is 270 g/mol. The summed E-state index contributed by atoms with van der Waals surface area (Å²) < 4.78 is 0. The Bertz CT molecular complexity index is 779. The van der Waals surface area contributed by atoms with E-state index in [9.17, 15) is 0 Å². The number of thiazole rings is 2. The minimum absolute atomic E-state index is 0.627.